The summed E-state index contributed by atoms with van der Waals surface area (Å²) < 4.78 is 18.6. The molecule has 0 atom stereocenters. The van der Waals surface area contributed by atoms with Gasteiger partial charge >= 0.3 is 0 Å². The first-order chi connectivity index (χ1) is 11.7. The Hall–Kier alpha value is -2.73. The van der Waals surface area contributed by atoms with Gasteiger partial charge in [0.25, 0.3) is 5.91 Å². The predicted octanol–water partition coefficient (Wildman–Crippen LogP) is 3.64. The van der Waals surface area contributed by atoms with Gasteiger partial charge in [0.1, 0.15) is 0 Å². The van der Waals surface area contributed by atoms with E-state index in [2.05, 4.69) is 10.3 Å². The molecule has 6 heteroatoms. The summed E-state index contributed by atoms with van der Waals surface area (Å²) in [7, 11) is 0. The zero-order valence-corrected chi connectivity index (χ0v) is 13.6. The molecule has 1 aromatic carbocycles. The summed E-state index contributed by atoms with van der Waals surface area (Å²) in [5, 5.41) is 6.76. The maximum absolute atomic E-state index is 13.4. The third-order valence-electron chi connectivity index (χ3n) is 3.33. The van der Waals surface area contributed by atoms with Gasteiger partial charge in [-0.25, -0.2) is 4.39 Å². The van der Waals surface area contributed by atoms with Crippen molar-refractivity contribution in [1.82, 2.24) is 10.3 Å². The lowest BCUT2D eigenvalue weighted by atomic mass is 10.1. The molecule has 122 valence electrons. The number of benzene rings is 1. The second-order valence-electron chi connectivity index (χ2n) is 5.06. The highest BCUT2D eigenvalue weighted by atomic mass is 32.1. The lowest BCUT2D eigenvalue weighted by Crippen LogP contribution is -2.28. The summed E-state index contributed by atoms with van der Waals surface area (Å²) in [4.78, 5) is 16.2. The van der Waals surface area contributed by atoms with Crippen LogP contribution in [0.2, 0.25) is 0 Å². The number of hydrogen-bond acceptors (Lipinski definition) is 4. The number of pyridine rings is 1. The number of halogens is 1. The van der Waals surface area contributed by atoms with E-state index in [1.165, 1.54) is 12.1 Å². The highest BCUT2D eigenvalue weighted by Gasteiger charge is 2.07. The van der Waals surface area contributed by atoms with Gasteiger partial charge in [-0.3, -0.25) is 9.78 Å². The molecule has 0 radical (unpaired) electrons. The number of ether oxygens (including phenoxy) is 1. The lowest BCUT2D eigenvalue weighted by molar-refractivity contribution is -0.123. The zero-order valence-electron chi connectivity index (χ0n) is 12.7. The normalized spacial score (nSPS) is 10.4. The van der Waals surface area contributed by atoms with Crippen molar-refractivity contribution in [3.05, 3.63) is 70.8 Å². The van der Waals surface area contributed by atoms with E-state index in [0.29, 0.717) is 6.54 Å². The Labute approximate surface area is 142 Å². The Morgan fingerprint density at radius 1 is 1.25 bits per heavy atom. The van der Waals surface area contributed by atoms with Crippen LogP contribution in [0.4, 0.5) is 4.39 Å². The molecular weight excluding hydrogens is 327 g/mol. The first-order valence-electron chi connectivity index (χ1n) is 7.34. The summed E-state index contributed by atoms with van der Waals surface area (Å²) in [6, 6.07) is 11.8. The second kappa shape index (κ2) is 7.70. The fourth-order valence-corrected chi connectivity index (χ4v) is 2.76. The van der Waals surface area contributed by atoms with Crippen molar-refractivity contribution in [3.63, 3.8) is 0 Å². The molecule has 0 aliphatic rings. The molecule has 0 fully saturated rings. The Balaban J connectivity index is 1.53. The van der Waals surface area contributed by atoms with Gasteiger partial charge in [0, 0.05) is 23.7 Å². The topological polar surface area (TPSA) is 51.2 Å². The first kappa shape index (κ1) is 16.1. The SMILES string of the molecule is O=C(COc1ccccc1F)NCc1ccnc(-c2ccsc2)c1. The van der Waals surface area contributed by atoms with Crippen LogP contribution >= 0.6 is 11.3 Å². The van der Waals surface area contributed by atoms with Crippen molar-refractivity contribution in [1.29, 1.82) is 0 Å². The first-order valence-corrected chi connectivity index (χ1v) is 8.28. The van der Waals surface area contributed by atoms with Gasteiger partial charge in [-0.1, -0.05) is 12.1 Å². The standard InChI is InChI=1S/C18H15FN2O2S/c19-15-3-1-2-4-17(15)23-11-18(22)21-10-13-5-7-20-16(9-13)14-6-8-24-12-14/h1-9,12H,10-11H2,(H,21,22). The molecule has 3 aromatic rings. The fourth-order valence-electron chi connectivity index (χ4n) is 2.11. The molecule has 2 heterocycles. The minimum Gasteiger partial charge on any atom is -0.481 e. The third-order valence-corrected chi connectivity index (χ3v) is 4.01. The number of amides is 1. The summed E-state index contributed by atoms with van der Waals surface area (Å²) in [5.74, 6) is -0.733. The number of nitrogens with one attached hydrogen (secondary N) is 1. The molecule has 3 rings (SSSR count). The number of thiophene rings is 1. The maximum Gasteiger partial charge on any atom is 0.258 e. The van der Waals surface area contributed by atoms with Crippen LogP contribution in [0.5, 0.6) is 5.75 Å². The van der Waals surface area contributed by atoms with Crippen molar-refractivity contribution in [3.8, 4) is 17.0 Å². The highest BCUT2D eigenvalue weighted by molar-refractivity contribution is 7.08. The Kier molecular flexibility index (Phi) is 5.18. The van der Waals surface area contributed by atoms with Crippen LogP contribution < -0.4 is 10.1 Å². The summed E-state index contributed by atoms with van der Waals surface area (Å²) in [6.07, 6.45) is 1.71. The molecule has 1 amide bonds. The van der Waals surface area contributed by atoms with E-state index in [0.717, 1.165) is 16.8 Å². The van der Waals surface area contributed by atoms with Crippen molar-refractivity contribution in [2.24, 2.45) is 0 Å². The van der Waals surface area contributed by atoms with Crippen molar-refractivity contribution >= 4 is 17.2 Å². The number of hydrogen-bond donors (Lipinski definition) is 1. The van der Waals surface area contributed by atoms with E-state index in [4.69, 9.17) is 4.74 Å². The van der Waals surface area contributed by atoms with Gasteiger partial charge in [0.15, 0.2) is 18.2 Å². The quantitative estimate of drug-likeness (QED) is 0.744. The van der Waals surface area contributed by atoms with Gasteiger partial charge < -0.3 is 10.1 Å². The number of para-hydroxylation sites is 1. The lowest BCUT2D eigenvalue weighted by Gasteiger charge is -2.08. The van der Waals surface area contributed by atoms with E-state index in [9.17, 15) is 9.18 Å². The fraction of sp³-hybridized carbons (Fsp3) is 0.111. The average molecular weight is 342 g/mol. The molecule has 4 nitrogen and oxygen atoms in total. The molecule has 0 saturated carbocycles. The maximum atomic E-state index is 13.4. The number of aromatic nitrogens is 1. The van der Waals surface area contributed by atoms with Crippen LogP contribution in [-0.4, -0.2) is 17.5 Å². The average Bonchev–Trinajstić information content (AvgIpc) is 3.14. The zero-order chi connectivity index (χ0) is 16.8. The smallest absolute Gasteiger partial charge is 0.258 e. The second-order valence-corrected chi connectivity index (χ2v) is 5.84. The minimum atomic E-state index is -0.486. The number of carbonyl (C=O) groups is 1. The Morgan fingerprint density at radius 3 is 2.92 bits per heavy atom. The van der Waals surface area contributed by atoms with Gasteiger partial charge in [0.2, 0.25) is 0 Å². The van der Waals surface area contributed by atoms with Crippen LogP contribution in [0.25, 0.3) is 11.3 Å². The molecule has 0 aliphatic heterocycles. The van der Waals surface area contributed by atoms with Crippen LogP contribution in [0.15, 0.2) is 59.4 Å². The van der Waals surface area contributed by atoms with E-state index < -0.39 is 5.82 Å². The molecule has 24 heavy (non-hydrogen) atoms. The van der Waals surface area contributed by atoms with Crippen LogP contribution in [0.3, 0.4) is 0 Å². The number of carbonyl (C=O) groups excluding carboxylic acids is 1. The Morgan fingerprint density at radius 2 is 2.12 bits per heavy atom. The van der Waals surface area contributed by atoms with Crippen LogP contribution in [-0.2, 0) is 11.3 Å². The van der Waals surface area contributed by atoms with Gasteiger partial charge in [-0.05, 0) is 41.3 Å². The van der Waals surface area contributed by atoms with E-state index in [1.54, 1.807) is 29.7 Å². The third kappa shape index (κ3) is 4.17. The van der Waals surface area contributed by atoms with E-state index >= 15 is 0 Å². The van der Waals surface area contributed by atoms with Gasteiger partial charge in [-0.15, -0.1) is 0 Å². The molecule has 0 bridgehead atoms. The van der Waals surface area contributed by atoms with Crippen LogP contribution in [0.1, 0.15) is 5.56 Å². The molecule has 0 aliphatic carbocycles. The molecule has 0 spiro atoms. The molecule has 1 N–H and O–H groups in total. The number of nitrogens with zero attached hydrogens (tertiary/aromatic N) is 1. The largest absolute Gasteiger partial charge is 0.481 e. The van der Waals surface area contributed by atoms with Crippen molar-refractivity contribution < 1.29 is 13.9 Å². The van der Waals surface area contributed by atoms with Crippen molar-refractivity contribution in [2.45, 2.75) is 6.54 Å². The summed E-state index contributed by atoms with van der Waals surface area (Å²) in [5.41, 5.74) is 2.85. The molecular formula is C18H15FN2O2S. The van der Waals surface area contributed by atoms with Gasteiger partial charge in [0.05, 0.1) is 5.69 Å². The van der Waals surface area contributed by atoms with Crippen LogP contribution in [0, 0.1) is 5.82 Å². The molecule has 2 aromatic heterocycles. The summed E-state index contributed by atoms with van der Waals surface area (Å²) >= 11 is 1.61. The van der Waals surface area contributed by atoms with Gasteiger partial charge in [-0.2, -0.15) is 11.3 Å². The van der Waals surface area contributed by atoms with E-state index in [-0.39, 0.29) is 18.3 Å². The monoisotopic (exact) mass is 342 g/mol. The molecule has 0 unspecified atom stereocenters. The molecule has 0 saturated heterocycles. The summed E-state index contributed by atoms with van der Waals surface area (Å²) in [6.45, 7) is 0.128. The predicted molar refractivity (Wildman–Crippen MR) is 91.3 cm³/mol. The minimum absolute atomic E-state index is 0.0660. The Bertz CT molecular complexity index is 821. The van der Waals surface area contributed by atoms with E-state index in [1.807, 2.05) is 29.0 Å². The number of rotatable bonds is 6. The highest BCUT2D eigenvalue weighted by Crippen LogP contribution is 2.20. The van der Waals surface area contributed by atoms with Crippen molar-refractivity contribution in [2.75, 3.05) is 6.61 Å².